The Bertz CT molecular complexity index is 561. The molecule has 0 saturated carbocycles. The van der Waals surface area contributed by atoms with Gasteiger partial charge in [-0.25, -0.2) is 0 Å². The van der Waals surface area contributed by atoms with Crippen molar-refractivity contribution in [3.8, 4) is 11.4 Å². The highest BCUT2D eigenvalue weighted by Crippen LogP contribution is 2.20. The molecule has 0 amide bonds. The number of aryl methyl sites for hydroxylation is 1. The maximum Gasteiger partial charge on any atom is 0.303 e. The quantitative estimate of drug-likeness (QED) is 0.884. The molecule has 0 fully saturated rings. The Hall–Kier alpha value is -2.37. The van der Waals surface area contributed by atoms with Crippen LogP contribution in [0.25, 0.3) is 11.4 Å². The topological polar surface area (TPSA) is 79.5 Å². The average molecular weight is 261 g/mol. The van der Waals surface area contributed by atoms with Gasteiger partial charge < -0.3 is 14.5 Å². The summed E-state index contributed by atoms with van der Waals surface area (Å²) >= 11 is 0. The number of anilines is 1. The molecule has 0 aliphatic rings. The third-order valence-corrected chi connectivity index (χ3v) is 2.66. The molecule has 2 rings (SSSR count). The number of carboxylic acids is 1. The second-order valence-electron chi connectivity index (χ2n) is 4.35. The summed E-state index contributed by atoms with van der Waals surface area (Å²) in [6, 6.07) is 7.73. The summed E-state index contributed by atoms with van der Waals surface area (Å²) in [5.74, 6) is -0.0603. The smallest absolute Gasteiger partial charge is 0.303 e. The van der Waals surface area contributed by atoms with Crippen LogP contribution in [0.5, 0.6) is 0 Å². The molecule has 0 unspecified atom stereocenters. The van der Waals surface area contributed by atoms with E-state index in [9.17, 15) is 4.79 Å². The van der Waals surface area contributed by atoms with Crippen molar-refractivity contribution in [2.75, 3.05) is 19.0 Å². The van der Waals surface area contributed by atoms with E-state index in [2.05, 4.69) is 10.1 Å². The third-order valence-electron chi connectivity index (χ3n) is 2.66. The summed E-state index contributed by atoms with van der Waals surface area (Å²) in [6.45, 7) is 0. The fraction of sp³-hybridized carbons (Fsp3) is 0.308. The fourth-order valence-corrected chi connectivity index (χ4v) is 1.60. The zero-order chi connectivity index (χ0) is 13.8. The predicted molar refractivity (Wildman–Crippen MR) is 70.0 cm³/mol. The maximum atomic E-state index is 10.5. The van der Waals surface area contributed by atoms with Gasteiger partial charge in [-0.15, -0.1) is 0 Å². The lowest BCUT2D eigenvalue weighted by Gasteiger charge is -2.11. The number of aliphatic carboxylic acids is 1. The lowest BCUT2D eigenvalue weighted by atomic mass is 10.2. The van der Waals surface area contributed by atoms with E-state index >= 15 is 0 Å². The number of hydrogen-bond donors (Lipinski definition) is 1. The van der Waals surface area contributed by atoms with Crippen molar-refractivity contribution < 1.29 is 14.4 Å². The van der Waals surface area contributed by atoms with Gasteiger partial charge in [0.25, 0.3) is 0 Å². The highest BCUT2D eigenvalue weighted by atomic mass is 16.5. The zero-order valence-corrected chi connectivity index (χ0v) is 10.8. The Morgan fingerprint density at radius 1 is 1.32 bits per heavy atom. The molecule has 19 heavy (non-hydrogen) atoms. The van der Waals surface area contributed by atoms with E-state index in [-0.39, 0.29) is 12.8 Å². The normalized spacial score (nSPS) is 10.4. The summed E-state index contributed by atoms with van der Waals surface area (Å²) in [6.07, 6.45) is 0.235. The third kappa shape index (κ3) is 3.31. The minimum Gasteiger partial charge on any atom is -0.481 e. The first-order valence-corrected chi connectivity index (χ1v) is 5.88. The number of hydrogen-bond acceptors (Lipinski definition) is 5. The molecule has 6 heteroatoms. The fourth-order valence-electron chi connectivity index (χ4n) is 1.60. The van der Waals surface area contributed by atoms with Crippen LogP contribution in [-0.2, 0) is 11.2 Å². The molecular formula is C13H15N3O3. The van der Waals surface area contributed by atoms with Crippen LogP contribution in [0.1, 0.15) is 12.3 Å². The number of aromatic nitrogens is 2. The van der Waals surface area contributed by atoms with Gasteiger partial charge in [-0.05, 0) is 24.3 Å². The second kappa shape index (κ2) is 5.51. The Morgan fingerprint density at radius 3 is 2.58 bits per heavy atom. The van der Waals surface area contributed by atoms with Crippen LogP contribution in [-0.4, -0.2) is 35.3 Å². The molecule has 0 spiro atoms. The minimum absolute atomic E-state index is 0.0127. The van der Waals surface area contributed by atoms with Gasteiger partial charge >= 0.3 is 5.97 Å². The van der Waals surface area contributed by atoms with Crippen molar-refractivity contribution in [2.24, 2.45) is 0 Å². The molecular weight excluding hydrogens is 246 g/mol. The summed E-state index contributed by atoms with van der Waals surface area (Å²) in [5, 5.41) is 12.4. The molecule has 0 aliphatic heterocycles. The Morgan fingerprint density at radius 2 is 2.00 bits per heavy atom. The summed E-state index contributed by atoms with van der Waals surface area (Å²) in [4.78, 5) is 16.6. The molecule has 1 aromatic carbocycles. The molecule has 1 heterocycles. The first kappa shape index (κ1) is 13.1. The van der Waals surface area contributed by atoms with Crippen LogP contribution in [0.2, 0.25) is 0 Å². The Balaban J connectivity index is 2.11. The van der Waals surface area contributed by atoms with E-state index in [0.717, 1.165) is 11.3 Å². The molecule has 0 bridgehead atoms. The molecule has 2 aromatic rings. The van der Waals surface area contributed by atoms with Gasteiger partial charge in [0.2, 0.25) is 11.7 Å². The van der Waals surface area contributed by atoms with Crippen LogP contribution in [0, 0.1) is 0 Å². The largest absolute Gasteiger partial charge is 0.481 e. The van der Waals surface area contributed by atoms with Crippen LogP contribution < -0.4 is 4.90 Å². The van der Waals surface area contributed by atoms with Crippen LogP contribution in [0.4, 0.5) is 5.69 Å². The van der Waals surface area contributed by atoms with Crippen molar-refractivity contribution in [2.45, 2.75) is 12.8 Å². The van der Waals surface area contributed by atoms with Crippen molar-refractivity contribution in [1.29, 1.82) is 0 Å². The average Bonchev–Trinajstić information content (AvgIpc) is 2.85. The summed E-state index contributed by atoms with van der Waals surface area (Å²) in [5.41, 5.74) is 1.93. The number of nitrogens with zero attached hydrogens (tertiary/aromatic N) is 3. The van der Waals surface area contributed by atoms with Gasteiger partial charge in [-0.3, -0.25) is 4.79 Å². The van der Waals surface area contributed by atoms with Crippen LogP contribution >= 0.6 is 0 Å². The molecule has 1 N–H and O–H groups in total. The first-order chi connectivity index (χ1) is 9.06. The Kier molecular flexibility index (Phi) is 3.79. The van der Waals surface area contributed by atoms with E-state index in [1.165, 1.54) is 0 Å². The molecule has 0 atom stereocenters. The zero-order valence-electron chi connectivity index (χ0n) is 10.8. The molecule has 0 radical (unpaired) electrons. The highest BCUT2D eigenvalue weighted by Gasteiger charge is 2.10. The van der Waals surface area contributed by atoms with E-state index in [0.29, 0.717) is 11.7 Å². The molecule has 6 nitrogen and oxygen atoms in total. The van der Waals surface area contributed by atoms with E-state index in [1.807, 2.05) is 43.3 Å². The summed E-state index contributed by atoms with van der Waals surface area (Å²) < 4.78 is 5.01. The van der Waals surface area contributed by atoms with E-state index < -0.39 is 5.97 Å². The molecule has 1 aromatic heterocycles. The van der Waals surface area contributed by atoms with Crippen molar-refractivity contribution in [3.63, 3.8) is 0 Å². The highest BCUT2D eigenvalue weighted by molar-refractivity contribution is 5.67. The van der Waals surface area contributed by atoms with Gasteiger partial charge in [0.15, 0.2) is 0 Å². The molecule has 100 valence electrons. The number of carboxylic acid groups (broad SMARTS) is 1. The lowest BCUT2D eigenvalue weighted by Crippen LogP contribution is -2.07. The second-order valence-corrected chi connectivity index (χ2v) is 4.35. The first-order valence-electron chi connectivity index (χ1n) is 5.88. The summed E-state index contributed by atoms with van der Waals surface area (Å²) in [7, 11) is 3.93. The standard InChI is InChI=1S/C13H15N3O3/c1-16(2)10-5-3-9(4-6-10)13-14-11(19-15-13)7-8-12(17)18/h3-6H,7-8H2,1-2H3,(H,17,18). The monoisotopic (exact) mass is 261 g/mol. The van der Waals surface area contributed by atoms with Crippen LogP contribution in [0.15, 0.2) is 28.8 Å². The number of benzene rings is 1. The predicted octanol–water partition coefficient (Wildman–Crippen LogP) is 1.82. The van der Waals surface area contributed by atoms with Gasteiger partial charge in [0.1, 0.15) is 0 Å². The van der Waals surface area contributed by atoms with Gasteiger partial charge in [-0.2, -0.15) is 4.98 Å². The van der Waals surface area contributed by atoms with E-state index in [1.54, 1.807) is 0 Å². The maximum absolute atomic E-state index is 10.5. The van der Waals surface area contributed by atoms with Gasteiger partial charge in [0, 0.05) is 31.8 Å². The molecule has 0 saturated heterocycles. The van der Waals surface area contributed by atoms with Crippen molar-refractivity contribution in [3.05, 3.63) is 30.2 Å². The lowest BCUT2D eigenvalue weighted by molar-refractivity contribution is -0.137. The van der Waals surface area contributed by atoms with E-state index in [4.69, 9.17) is 9.63 Å². The number of rotatable bonds is 5. The molecule has 0 aliphatic carbocycles. The number of carbonyl (C=O) groups is 1. The van der Waals surface area contributed by atoms with Crippen LogP contribution in [0.3, 0.4) is 0 Å². The van der Waals surface area contributed by atoms with Crippen molar-refractivity contribution >= 4 is 11.7 Å². The SMILES string of the molecule is CN(C)c1ccc(-c2noc(CCC(=O)O)n2)cc1. The van der Waals surface area contributed by atoms with Gasteiger partial charge in [-0.1, -0.05) is 5.16 Å². The van der Waals surface area contributed by atoms with Crippen molar-refractivity contribution in [1.82, 2.24) is 10.1 Å². The minimum atomic E-state index is -0.880. The van der Waals surface area contributed by atoms with Gasteiger partial charge in [0.05, 0.1) is 6.42 Å². The Labute approximate surface area is 110 Å².